The topological polar surface area (TPSA) is 92.4 Å². The summed E-state index contributed by atoms with van der Waals surface area (Å²) >= 11 is 0. The van der Waals surface area contributed by atoms with Gasteiger partial charge in [0.25, 0.3) is 0 Å². The van der Waals surface area contributed by atoms with Crippen molar-refractivity contribution in [2.24, 2.45) is 11.7 Å². The Morgan fingerprint density at radius 3 is 2.55 bits per heavy atom. The number of hydrogen-bond donors (Lipinski definition) is 3. The second-order valence-corrected chi connectivity index (χ2v) is 7.90. The van der Waals surface area contributed by atoms with E-state index in [9.17, 15) is 13.5 Å². The van der Waals surface area contributed by atoms with Crippen LogP contribution in [0.3, 0.4) is 0 Å². The minimum atomic E-state index is -3.18. The molecule has 120 valence electrons. The summed E-state index contributed by atoms with van der Waals surface area (Å²) in [6, 6.07) is -0.242. The normalized spacial score (nSPS) is 20.8. The van der Waals surface area contributed by atoms with E-state index in [0.717, 1.165) is 6.42 Å². The van der Waals surface area contributed by atoms with Crippen LogP contribution >= 0.6 is 0 Å². The molecule has 1 rings (SSSR count). The number of nitrogens with one attached hydrogen (secondary N) is 1. The van der Waals surface area contributed by atoms with Crippen LogP contribution in [0.4, 0.5) is 0 Å². The van der Waals surface area contributed by atoms with E-state index >= 15 is 0 Å². The minimum Gasteiger partial charge on any atom is -0.391 e. The molecule has 0 aromatic carbocycles. The first-order chi connectivity index (χ1) is 9.44. The zero-order valence-electron chi connectivity index (χ0n) is 12.6. The van der Waals surface area contributed by atoms with E-state index in [4.69, 9.17) is 5.73 Å². The van der Waals surface area contributed by atoms with Gasteiger partial charge in [-0.1, -0.05) is 39.0 Å². The first kappa shape index (κ1) is 17.9. The van der Waals surface area contributed by atoms with Crippen LogP contribution in [0.5, 0.6) is 0 Å². The van der Waals surface area contributed by atoms with E-state index in [2.05, 4.69) is 4.72 Å². The molecule has 0 amide bonds. The molecular formula is C14H30N2O3S. The standard InChI is InChI=1S/C14H30N2O3S/c1-2-10-20(18,19)16-9-8-14(17)13(15)11-12-6-4-3-5-7-12/h12-14,16-17H,2-11,15H2,1H3/t13-,14-/m0/s1. The Morgan fingerprint density at radius 1 is 1.30 bits per heavy atom. The van der Waals surface area contributed by atoms with Crippen LogP contribution in [0, 0.1) is 5.92 Å². The SMILES string of the molecule is CCCS(=O)(=O)NCC[C@H](O)[C@@H](N)CC1CCCCC1. The fraction of sp³-hybridized carbons (Fsp3) is 1.00. The number of aliphatic hydroxyl groups excluding tert-OH is 1. The van der Waals surface area contributed by atoms with Crippen molar-refractivity contribution < 1.29 is 13.5 Å². The minimum absolute atomic E-state index is 0.136. The van der Waals surface area contributed by atoms with Gasteiger partial charge in [-0.25, -0.2) is 13.1 Å². The maximum Gasteiger partial charge on any atom is 0.211 e. The van der Waals surface area contributed by atoms with Crippen molar-refractivity contribution in [1.29, 1.82) is 0 Å². The van der Waals surface area contributed by atoms with Gasteiger partial charge in [-0.05, 0) is 25.2 Å². The lowest BCUT2D eigenvalue weighted by Gasteiger charge is -2.27. The lowest BCUT2D eigenvalue weighted by atomic mass is 9.83. The van der Waals surface area contributed by atoms with Gasteiger partial charge in [0.2, 0.25) is 10.0 Å². The van der Waals surface area contributed by atoms with Crippen LogP contribution in [-0.2, 0) is 10.0 Å². The Hall–Kier alpha value is -0.170. The highest BCUT2D eigenvalue weighted by atomic mass is 32.2. The van der Waals surface area contributed by atoms with Gasteiger partial charge in [0.15, 0.2) is 0 Å². The van der Waals surface area contributed by atoms with Crippen LogP contribution in [0.25, 0.3) is 0 Å². The van der Waals surface area contributed by atoms with Gasteiger partial charge in [-0.2, -0.15) is 0 Å². The van der Waals surface area contributed by atoms with Crippen LogP contribution < -0.4 is 10.5 Å². The van der Waals surface area contributed by atoms with Gasteiger partial charge in [-0.3, -0.25) is 0 Å². The summed E-state index contributed by atoms with van der Waals surface area (Å²) in [6.07, 6.45) is 7.48. The summed E-state index contributed by atoms with van der Waals surface area (Å²) in [5.74, 6) is 0.766. The van der Waals surface area contributed by atoms with E-state index in [1.165, 1.54) is 32.1 Å². The summed E-state index contributed by atoms with van der Waals surface area (Å²) in [5.41, 5.74) is 6.03. The van der Waals surface area contributed by atoms with Crippen LogP contribution in [-0.4, -0.2) is 38.0 Å². The molecule has 1 aliphatic carbocycles. The third-order valence-electron chi connectivity index (χ3n) is 4.06. The smallest absolute Gasteiger partial charge is 0.211 e. The number of hydrogen-bond acceptors (Lipinski definition) is 4. The molecule has 0 bridgehead atoms. The van der Waals surface area contributed by atoms with Gasteiger partial charge in [0, 0.05) is 12.6 Å². The number of aliphatic hydroxyl groups is 1. The predicted molar refractivity (Wildman–Crippen MR) is 81.9 cm³/mol. The average molecular weight is 306 g/mol. The van der Waals surface area contributed by atoms with E-state index in [1.54, 1.807) is 0 Å². The lowest BCUT2D eigenvalue weighted by molar-refractivity contribution is 0.119. The van der Waals surface area contributed by atoms with Gasteiger partial charge < -0.3 is 10.8 Å². The third kappa shape index (κ3) is 7.02. The maximum atomic E-state index is 11.5. The summed E-state index contributed by atoms with van der Waals surface area (Å²) in [4.78, 5) is 0. The van der Waals surface area contributed by atoms with E-state index < -0.39 is 16.1 Å². The van der Waals surface area contributed by atoms with Crippen molar-refractivity contribution >= 4 is 10.0 Å². The zero-order chi connectivity index (χ0) is 15.0. The van der Waals surface area contributed by atoms with E-state index in [1.807, 2.05) is 6.92 Å². The highest BCUT2D eigenvalue weighted by Gasteiger charge is 2.21. The van der Waals surface area contributed by atoms with Crippen molar-refractivity contribution in [1.82, 2.24) is 4.72 Å². The molecule has 20 heavy (non-hydrogen) atoms. The molecule has 1 fully saturated rings. The highest BCUT2D eigenvalue weighted by molar-refractivity contribution is 7.89. The van der Waals surface area contributed by atoms with Crippen molar-refractivity contribution in [3.8, 4) is 0 Å². The molecule has 2 atom stereocenters. The molecule has 0 unspecified atom stereocenters. The Balaban J connectivity index is 2.22. The molecule has 4 N–H and O–H groups in total. The monoisotopic (exact) mass is 306 g/mol. The van der Waals surface area contributed by atoms with E-state index in [-0.39, 0.29) is 18.3 Å². The highest BCUT2D eigenvalue weighted by Crippen LogP contribution is 2.27. The second kappa shape index (κ2) is 8.97. The molecule has 0 aromatic heterocycles. The first-order valence-corrected chi connectivity index (χ1v) is 9.51. The molecule has 0 aromatic rings. The van der Waals surface area contributed by atoms with Crippen LogP contribution in [0.2, 0.25) is 0 Å². The predicted octanol–water partition coefficient (Wildman–Crippen LogP) is 1.36. The van der Waals surface area contributed by atoms with Gasteiger partial charge in [-0.15, -0.1) is 0 Å². The van der Waals surface area contributed by atoms with Crippen molar-refractivity contribution in [3.05, 3.63) is 0 Å². The largest absolute Gasteiger partial charge is 0.391 e. The molecule has 0 saturated heterocycles. The van der Waals surface area contributed by atoms with Crippen LogP contribution in [0.15, 0.2) is 0 Å². The molecule has 5 nitrogen and oxygen atoms in total. The fourth-order valence-corrected chi connectivity index (χ4v) is 3.99. The Kier molecular flexibility index (Phi) is 8.02. The van der Waals surface area contributed by atoms with Crippen molar-refractivity contribution in [3.63, 3.8) is 0 Å². The average Bonchev–Trinajstić information content (AvgIpc) is 2.39. The molecule has 0 aliphatic heterocycles. The molecule has 0 radical (unpaired) electrons. The molecule has 6 heteroatoms. The second-order valence-electron chi connectivity index (χ2n) is 5.97. The Bertz CT molecular complexity index is 353. The lowest BCUT2D eigenvalue weighted by Crippen LogP contribution is -2.39. The summed E-state index contributed by atoms with van der Waals surface area (Å²) in [5, 5.41) is 10.0. The maximum absolute atomic E-state index is 11.5. The number of rotatable bonds is 9. The van der Waals surface area contributed by atoms with Crippen LogP contribution in [0.1, 0.15) is 58.3 Å². The zero-order valence-corrected chi connectivity index (χ0v) is 13.4. The third-order valence-corrected chi connectivity index (χ3v) is 5.65. The fourth-order valence-electron chi connectivity index (χ4n) is 2.88. The van der Waals surface area contributed by atoms with Crippen molar-refractivity contribution in [2.45, 2.75) is 70.4 Å². The molecule has 0 heterocycles. The summed E-state index contributed by atoms with van der Waals surface area (Å²) < 4.78 is 25.5. The van der Waals surface area contributed by atoms with E-state index in [0.29, 0.717) is 18.8 Å². The van der Waals surface area contributed by atoms with Gasteiger partial charge in [0.1, 0.15) is 0 Å². The molecular weight excluding hydrogens is 276 g/mol. The Morgan fingerprint density at radius 2 is 1.95 bits per heavy atom. The Labute approximate surface area is 123 Å². The van der Waals surface area contributed by atoms with Gasteiger partial charge >= 0.3 is 0 Å². The van der Waals surface area contributed by atoms with Crippen molar-refractivity contribution in [2.75, 3.05) is 12.3 Å². The summed E-state index contributed by atoms with van der Waals surface area (Å²) in [7, 11) is -3.18. The number of nitrogens with two attached hydrogens (primary N) is 1. The molecule has 1 aliphatic rings. The molecule has 1 saturated carbocycles. The van der Waals surface area contributed by atoms with Gasteiger partial charge in [0.05, 0.1) is 11.9 Å². The quantitative estimate of drug-likeness (QED) is 0.600. The number of sulfonamides is 1. The molecule has 0 spiro atoms. The summed E-state index contributed by atoms with van der Waals surface area (Å²) in [6.45, 7) is 2.09. The first-order valence-electron chi connectivity index (χ1n) is 7.85.